The molecule has 5 amide bonds. The van der Waals surface area contributed by atoms with Crippen LogP contribution in [0.3, 0.4) is 0 Å². The zero-order valence-corrected chi connectivity index (χ0v) is 24.7. The Hall–Kier alpha value is -4.10. The molecule has 1 aromatic carbocycles. The number of nitrogens with two attached hydrogens (primary N) is 1. The van der Waals surface area contributed by atoms with Gasteiger partial charge in [-0.05, 0) is 29.7 Å². The van der Waals surface area contributed by atoms with Gasteiger partial charge >= 0.3 is 12.0 Å². The number of carbonyl (C=O) groups is 6. The number of amides is 5. The van der Waals surface area contributed by atoms with Crippen molar-refractivity contribution in [3.05, 3.63) is 35.9 Å². The van der Waals surface area contributed by atoms with E-state index in [-0.39, 0.29) is 25.5 Å². The molecule has 3 rings (SSSR count). The van der Waals surface area contributed by atoms with Crippen LogP contribution in [0.5, 0.6) is 0 Å². The van der Waals surface area contributed by atoms with E-state index in [1.165, 1.54) is 4.90 Å². The zero-order chi connectivity index (χ0) is 32.1. The minimum absolute atomic E-state index is 0.0254. The van der Waals surface area contributed by atoms with Crippen LogP contribution in [-0.2, 0) is 35.3 Å². The highest BCUT2D eigenvalue weighted by Crippen LogP contribution is 2.51. The lowest BCUT2D eigenvalue weighted by molar-refractivity contribution is -0.143. The SMILES string of the molecule is CC1CC(C(=O)NC(CC2CC2(F)F)C(=O)C(N)=O)N(C(=O)C(NC(=O)NCC(=O)OCc2ccccc2)C(C)(C)C)C1. The van der Waals surface area contributed by atoms with Crippen molar-refractivity contribution in [1.29, 1.82) is 0 Å². The first-order valence-electron chi connectivity index (χ1n) is 14.1. The van der Waals surface area contributed by atoms with Crippen molar-refractivity contribution in [2.24, 2.45) is 23.0 Å². The number of nitrogens with one attached hydrogen (secondary N) is 3. The number of benzene rings is 1. The van der Waals surface area contributed by atoms with Gasteiger partial charge in [-0.3, -0.25) is 24.0 Å². The van der Waals surface area contributed by atoms with Gasteiger partial charge in [0.25, 0.3) is 11.8 Å². The van der Waals surface area contributed by atoms with Crippen molar-refractivity contribution in [1.82, 2.24) is 20.9 Å². The lowest BCUT2D eigenvalue weighted by atomic mass is 9.85. The van der Waals surface area contributed by atoms with Crippen LogP contribution in [0.15, 0.2) is 30.3 Å². The number of esters is 1. The minimum atomic E-state index is -2.99. The fourth-order valence-corrected chi connectivity index (χ4v) is 4.96. The maximum Gasteiger partial charge on any atom is 0.325 e. The monoisotopic (exact) mass is 607 g/mol. The highest BCUT2D eigenvalue weighted by atomic mass is 19.3. The second-order valence-corrected chi connectivity index (χ2v) is 12.3. The Morgan fingerprint density at radius 2 is 1.72 bits per heavy atom. The summed E-state index contributed by atoms with van der Waals surface area (Å²) in [4.78, 5) is 77.0. The molecule has 1 saturated heterocycles. The number of hydrogen-bond acceptors (Lipinski definition) is 7. The van der Waals surface area contributed by atoms with Gasteiger partial charge in [0.15, 0.2) is 0 Å². The summed E-state index contributed by atoms with van der Waals surface area (Å²) >= 11 is 0. The maximum atomic E-state index is 13.8. The molecule has 1 aliphatic heterocycles. The second-order valence-electron chi connectivity index (χ2n) is 12.3. The van der Waals surface area contributed by atoms with Crippen LogP contribution in [0, 0.1) is 17.3 Å². The van der Waals surface area contributed by atoms with Gasteiger partial charge in [-0.25, -0.2) is 13.6 Å². The van der Waals surface area contributed by atoms with E-state index >= 15 is 0 Å². The standard InChI is InChI=1S/C29H39F2N5O7/c1-16-10-20(25(40)34-19(22(38)24(32)39)11-18-12-29(18,30)31)36(14-16)26(41)23(28(2,3)4)35-27(42)33-13-21(37)43-15-17-8-6-5-7-9-17/h5-9,16,18-20,23H,10-15H2,1-4H3,(H2,32,39)(H,34,40)(H2,33,35,42). The van der Waals surface area contributed by atoms with Crippen molar-refractivity contribution in [2.75, 3.05) is 13.1 Å². The largest absolute Gasteiger partial charge is 0.460 e. The Kier molecular flexibility index (Phi) is 10.5. The van der Waals surface area contributed by atoms with E-state index in [0.29, 0.717) is 0 Å². The average molecular weight is 608 g/mol. The first-order chi connectivity index (χ1) is 20.0. The molecule has 0 bridgehead atoms. The number of ketones is 1. The van der Waals surface area contributed by atoms with Crippen LogP contribution in [0.1, 0.15) is 52.5 Å². The first kappa shape index (κ1) is 33.4. The molecule has 5 atom stereocenters. The first-order valence-corrected chi connectivity index (χ1v) is 14.1. The highest BCUT2D eigenvalue weighted by Gasteiger charge is 2.58. The summed E-state index contributed by atoms with van der Waals surface area (Å²) in [5.41, 5.74) is 5.02. The maximum absolute atomic E-state index is 13.8. The topological polar surface area (TPSA) is 177 Å². The van der Waals surface area contributed by atoms with E-state index in [0.717, 1.165) is 5.56 Å². The molecule has 12 nitrogen and oxygen atoms in total. The third-order valence-corrected chi connectivity index (χ3v) is 7.47. The minimum Gasteiger partial charge on any atom is -0.460 e. The van der Waals surface area contributed by atoms with Crippen molar-refractivity contribution in [3.63, 3.8) is 0 Å². The molecule has 14 heteroatoms. The zero-order valence-electron chi connectivity index (χ0n) is 24.7. The molecule has 236 valence electrons. The average Bonchev–Trinajstić information content (AvgIpc) is 3.33. The number of likely N-dealkylation sites (tertiary alicyclic amines) is 1. The Morgan fingerprint density at radius 1 is 1.09 bits per heavy atom. The Bertz CT molecular complexity index is 1240. The van der Waals surface area contributed by atoms with Crippen molar-refractivity contribution < 1.29 is 42.3 Å². The number of primary amides is 1. The van der Waals surface area contributed by atoms with Gasteiger partial charge in [0.05, 0.1) is 6.04 Å². The van der Waals surface area contributed by atoms with Gasteiger partial charge in [-0.15, -0.1) is 0 Å². The van der Waals surface area contributed by atoms with Crippen molar-refractivity contribution >= 4 is 35.5 Å². The number of Topliss-reactive ketones (excluding diaryl/α,β-unsaturated/α-hetero) is 1. The number of nitrogens with zero attached hydrogens (tertiary/aromatic N) is 1. The van der Waals surface area contributed by atoms with Crippen molar-refractivity contribution in [2.45, 2.75) is 77.6 Å². The summed E-state index contributed by atoms with van der Waals surface area (Å²) in [7, 11) is 0. The number of ether oxygens (including phenoxy) is 1. The molecule has 1 aliphatic carbocycles. The third-order valence-electron chi connectivity index (χ3n) is 7.47. The summed E-state index contributed by atoms with van der Waals surface area (Å²) in [5, 5.41) is 7.31. The Labute approximate surface area is 248 Å². The van der Waals surface area contributed by atoms with Crippen LogP contribution in [-0.4, -0.2) is 77.5 Å². The molecule has 5 unspecified atom stereocenters. The number of urea groups is 1. The molecule has 2 fully saturated rings. The fraction of sp³-hybridized carbons (Fsp3) is 0.586. The van der Waals surface area contributed by atoms with E-state index in [4.69, 9.17) is 10.5 Å². The molecule has 2 aliphatic rings. The predicted molar refractivity (Wildman–Crippen MR) is 149 cm³/mol. The second kappa shape index (κ2) is 13.5. The summed E-state index contributed by atoms with van der Waals surface area (Å²) in [6.45, 7) is 6.63. The Morgan fingerprint density at radius 3 is 2.28 bits per heavy atom. The molecule has 0 spiro atoms. The molecule has 0 aromatic heterocycles. The van der Waals surface area contributed by atoms with Crippen LogP contribution in [0.4, 0.5) is 13.6 Å². The highest BCUT2D eigenvalue weighted by molar-refractivity contribution is 6.37. The van der Waals surface area contributed by atoms with Gasteiger partial charge in [0.2, 0.25) is 17.6 Å². The summed E-state index contributed by atoms with van der Waals surface area (Å²) < 4.78 is 32.2. The molecule has 0 radical (unpaired) electrons. The van der Waals surface area contributed by atoms with Gasteiger partial charge < -0.3 is 31.3 Å². The molecule has 5 N–H and O–H groups in total. The molecule has 1 heterocycles. The Balaban J connectivity index is 1.64. The number of hydrogen-bond donors (Lipinski definition) is 4. The van der Waals surface area contributed by atoms with Gasteiger partial charge in [0, 0.05) is 18.9 Å². The van der Waals surface area contributed by atoms with Crippen molar-refractivity contribution in [3.8, 4) is 0 Å². The lowest BCUT2D eigenvalue weighted by Gasteiger charge is -2.35. The van der Waals surface area contributed by atoms with Gasteiger partial charge in [-0.1, -0.05) is 58.0 Å². The van der Waals surface area contributed by atoms with E-state index in [2.05, 4.69) is 16.0 Å². The predicted octanol–water partition coefficient (Wildman–Crippen LogP) is 1.27. The van der Waals surface area contributed by atoms with E-state index in [1.807, 2.05) is 6.07 Å². The van der Waals surface area contributed by atoms with Gasteiger partial charge in [-0.2, -0.15) is 0 Å². The number of carbonyl (C=O) groups excluding carboxylic acids is 6. The lowest BCUT2D eigenvalue weighted by Crippen LogP contribution is -2.60. The molecular formula is C29H39F2N5O7. The van der Waals surface area contributed by atoms with Crippen LogP contribution in [0.2, 0.25) is 0 Å². The van der Waals surface area contributed by atoms with E-state index < -0.39 is 90.3 Å². The number of rotatable bonds is 12. The molecular weight excluding hydrogens is 568 g/mol. The van der Waals surface area contributed by atoms with Crippen LogP contribution in [0.25, 0.3) is 0 Å². The summed E-state index contributed by atoms with van der Waals surface area (Å²) in [5.74, 6) is -8.95. The molecule has 1 aromatic rings. The third kappa shape index (κ3) is 9.19. The smallest absolute Gasteiger partial charge is 0.325 e. The number of alkyl halides is 2. The number of halogens is 2. The van der Waals surface area contributed by atoms with Gasteiger partial charge in [0.1, 0.15) is 25.2 Å². The van der Waals surface area contributed by atoms with E-state index in [1.54, 1.807) is 52.0 Å². The van der Waals surface area contributed by atoms with Crippen LogP contribution >= 0.6 is 0 Å². The van der Waals surface area contributed by atoms with E-state index in [9.17, 15) is 37.5 Å². The quantitative estimate of drug-likeness (QED) is 0.204. The molecule has 1 saturated carbocycles. The molecule has 43 heavy (non-hydrogen) atoms. The summed E-state index contributed by atoms with van der Waals surface area (Å²) in [6.07, 6.45) is -0.732. The summed E-state index contributed by atoms with van der Waals surface area (Å²) in [6, 6.07) is 4.37. The van der Waals surface area contributed by atoms with Crippen LogP contribution < -0.4 is 21.7 Å². The fourth-order valence-electron chi connectivity index (χ4n) is 4.96. The normalized spacial score (nSPS) is 22.1.